The lowest BCUT2D eigenvalue weighted by Gasteiger charge is -2.39. The van der Waals surface area contributed by atoms with Crippen molar-refractivity contribution in [3.8, 4) is 0 Å². The van der Waals surface area contributed by atoms with Crippen molar-refractivity contribution in [1.29, 1.82) is 0 Å². The minimum Gasteiger partial charge on any atom is -0.480 e. The van der Waals surface area contributed by atoms with Crippen LogP contribution in [-0.2, 0) is 27.3 Å². The Morgan fingerprint density at radius 1 is 1.24 bits per heavy atom. The van der Waals surface area contributed by atoms with Gasteiger partial charge in [-0.2, -0.15) is 12.6 Å². The maximum Gasteiger partial charge on any atom is 0.326 e. The molecule has 0 aliphatic carbocycles. The number of aliphatic carboxylic acids is 1. The number of carbonyl (C=O) groups is 3. The van der Waals surface area contributed by atoms with E-state index >= 15 is 0 Å². The van der Waals surface area contributed by atoms with Crippen molar-refractivity contribution in [2.45, 2.75) is 77.2 Å². The number of nitrogens with one attached hydrogen (secondary N) is 2. The lowest BCUT2D eigenvalue weighted by molar-refractivity contribution is -0.147. The monoisotopic (exact) mass is 478 g/mol. The van der Waals surface area contributed by atoms with Gasteiger partial charge in [-0.3, -0.25) is 9.59 Å². The molecule has 0 radical (unpaired) electrons. The van der Waals surface area contributed by atoms with Crippen LogP contribution in [0.25, 0.3) is 0 Å². The molecule has 1 aliphatic heterocycles. The van der Waals surface area contributed by atoms with Gasteiger partial charge in [-0.15, -0.1) is 0 Å². The molecule has 4 atom stereocenters. The first kappa shape index (κ1) is 27.1. The number of nitrogens with two attached hydrogens (primary N) is 1. The van der Waals surface area contributed by atoms with E-state index in [1.807, 2.05) is 45.0 Å². The van der Waals surface area contributed by atoms with E-state index in [-0.39, 0.29) is 17.9 Å². The Labute approximate surface area is 202 Å². The summed E-state index contributed by atoms with van der Waals surface area (Å²) in [6, 6.07) is 5.26. The van der Waals surface area contributed by atoms with Crippen LogP contribution >= 0.6 is 12.6 Å². The number of rotatable bonds is 12. The van der Waals surface area contributed by atoms with Gasteiger partial charge in [-0.05, 0) is 23.5 Å². The lowest BCUT2D eigenvalue weighted by Crippen LogP contribution is -2.60. The summed E-state index contributed by atoms with van der Waals surface area (Å²) in [4.78, 5) is 40.2. The number of unbranched alkanes of at least 4 members (excludes halogenated alkanes) is 1. The van der Waals surface area contributed by atoms with Crippen molar-refractivity contribution in [2.75, 3.05) is 12.3 Å². The second-order valence-electron chi connectivity index (χ2n) is 9.07. The number of hydrogen-bond donors (Lipinski definition) is 5. The SMILES string of the molecule is CCCC[C@H](NC(=O)[C@H]1Cc2ccccc2CN1C(=O)[C@@H](NC[C@H](N)CS)C(C)C)C(=O)O. The summed E-state index contributed by atoms with van der Waals surface area (Å²) in [5.74, 6) is -1.22. The molecule has 0 saturated carbocycles. The number of amides is 2. The average molecular weight is 479 g/mol. The summed E-state index contributed by atoms with van der Waals surface area (Å²) < 4.78 is 0. The van der Waals surface area contributed by atoms with Crippen molar-refractivity contribution < 1.29 is 19.5 Å². The van der Waals surface area contributed by atoms with Crippen LogP contribution in [0.1, 0.15) is 51.2 Å². The van der Waals surface area contributed by atoms with E-state index in [0.717, 1.165) is 17.5 Å². The molecule has 33 heavy (non-hydrogen) atoms. The molecule has 5 N–H and O–H groups in total. The largest absolute Gasteiger partial charge is 0.480 e. The van der Waals surface area contributed by atoms with Crippen LogP contribution < -0.4 is 16.4 Å². The van der Waals surface area contributed by atoms with Crippen molar-refractivity contribution in [3.05, 3.63) is 35.4 Å². The quantitative estimate of drug-likeness (QED) is 0.291. The van der Waals surface area contributed by atoms with E-state index < -0.39 is 30.0 Å². The minimum atomic E-state index is -1.06. The van der Waals surface area contributed by atoms with Crippen LogP contribution in [0.2, 0.25) is 0 Å². The highest BCUT2D eigenvalue weighted by Crippen LogP contribution is 2.25. The number of nitrogens with zero attached hydrogens (tertiary/aromatic N) is 1. The molecule has 0 unspecified atom stereocenters. The molecule has 1 aliphatic rings. The third kappa shape index (κ3) is 7.45. The van der Waals surface area contributed by atoms with Crippen LogP contribution in [-0.4, -0.2) is 64.3 Å². The molecular formula is C24H38N4O4S. The summed E-state index contributed by atoms with van der Waals surface area (Å²) in [5.41, 5.74) is 7.96. The van der Waals surface area contributed by atoms with Gasteiger partial charge in [0.1, 0.15) is 12.1 Å². The number of benzene rings is 1. The Morgan fingerprint density at radius 2 is 1.91 bits per heavy atom. The number of carbonyl (C=O) groups excluding carboxylic acids is 2. The third-order valence-corrected chi connectivity index (χ3v) is 6.53. The Kier molecular flexibility index (Phi) is 10.7. The Balaban J connectivity index is 2.30. The van der Waals surface area contributed by atoms with Crippen molar-refractivity contribution in [3.63, 3.8) is 0 Å². The van der Waals surface area contributed by atoms with Crippen LogP contribution in [0.4, 0.5) is 0 Å². The molecule has 0 fully saturated rings. The van der Waals surface area contributed by atoms with E-state index in [0.29, 0.717) is 38.1 Å². The van der Waals surface area contributed by atoms with Gasteiger partial charge in [0.25, 0.3) is 0 Å². The van der Waals surface area contributed by atoms with Crippen LogP contribution in [0.15, 0.2) is 24.3 Å². The molecule has 9 heteroatoms. The lowest BCUT2D eigenvalue weighted by atomic mass is 9.91. The predicted molar refractivity (Wildman–Crippen MR) is 132 cm³/mol. The normalized spacial score (nSPS) is 18.4. The molecule has 0 aromatic heterocycles. The zero-order valence-corrected chi connectivity index (χ0v) is 20.7. The van der Waals surface area contributed by atoms with Crippen molar-refractivity contribution in [2.24, 2.45) is 11.7 Å². The highest BCUT2D eigenvalue weighted by Gasteiger charge is 2.39. The molecule has 0 spiro atoms. The molecule has 1 aromatic rings. The highest BCUT2D eigenvalue weighted by molar-refractivity contribution is 7.80. The van der Waals surface area contributed by atoms with E-state index in [4.69, 9.17) is 5.73 Å². The van der Waals surface area contributed by atoms with E-state index in [2.05, 4.69) is 23.3 Å². The van der Waals surface area contributed by atoms with Crippen molar-refractivity contribution in [1.82, 2.24) is 15.5 Å². The van der Waals surface area contributed by atoms with Gasteiger partial charge in [0, 0.05) is 31.3 Å². The fourth-order valence-corrected chi connectivity index (χ4v) is 4.18. The Bertz CT molecular complexity index is 819. The zero-order chi connectivity index (χ0) is 24.5. The summed E-state index contributed by atoms with van der Waals surface area (Å²) in [5, 5.41) is 15.5. The Morgan fingerprint density at radius 3 is 2.48 bits per heavy atom. The first-order valence-electron chi connectivity index (χ1n) is 11.7. The molecule has 1 aromatic carbocycles. The Hall–Kier alpha value is -2.10. The first-order valence-corrected chi connectivity index (χ1v) is 12.3. The number of carboxylic acid groups (broad SMARTS) is 1. The number of hydrogen-bond acceptors (Lipinski definition) is 6. The predicted octanol–water partition coefficient (Wildman–Crippen LogP) is 1.57. The van der Waals surface area contributed by atoms with Gasteiger partial charge in [0.05, 0.1) is 6.04 Å². The fourth-order valence-electron chi connectivity index (χ4n) is 4.05. The molecule has 0 saturated heterocycles. The van der Waals surface area contributed by atoms with Gasteiger partial charge < -0.3 is 26.4 Å². The molecule has 1 heterocycles. The molecule has 0 bridgehead atoms. The summed E-state index contributed by atoms with van der Waals surface area (Å²) in [6.45, 7) is 6.58. The number of fused-ring (bicyclic) bond motifs is 1. The average Bonchev–Trinajstić information content (AvgIpc) is 2.79. The van der Waals surface area contributed by atoms with Crippen LogP contribution in [0, 0.1) is 5.92 Å². The highest BCUT2D eigenvalue weighted by atomic mass is 32.1. The topological polar surface area (TPSA) is 125 Å². The summed E-state index contributed by atoms with van der Waals surface area (Å²) in [7, 11) is 0. The molecule has 184 valence electrons. The van der Waals surface area contributed by atoms with E-state index in [1.54, 1.807) is 4.90 Å². The fraction of sp³-hybridized carbons (Fsp3) is 0.625. The summed E-state index contributed by atoms with van der Waals surface area (Å²) >= 11 is 4.21. The van der Waals surface area contributed by atoms with E-state index in [1.165, 1.54) is 0 Å². The van der Waals surface area contributed by atoms with Gasteiger partial charge in [0.15, 0.2) is 0 Å². The van der Waals surface area contributed by atoms with Gasteiger partial charge >= 0.3 is 5.97 Å². The maximum absolute atomic E-state index is 13.7. The third-order valence-electron chi connectivity index (χ3n) is 6.06. The standard InChI is InChI=1S/C24H38N4O4S/c1-4-5-10-19(24(31)32)27-22(29)20-11-16-8-6-7-9-17(16)13-28(20)23(30)21(15(2)3)26-12-18(25)14-33/h6-9,15,18-21,26,33H,4-5,10-14,25H2,1-3H3,(H,27,29)(H,31,32)/t18-,19-,20+,21-/m0/s1. The molecular weight excluding hydrogens is 440 g/mol. The van der Waals surface area contributed by atoms with Crippen LogP contribution in [0.3, 0.4) is 0 Å². The molecule has 2 amide bonds. The maximum atomic E-state index is 13.7. The van der Waals surface area contributed by atoms with E-state index in [9.17, 15) is 19.5 Å². The minimum absolute atomic E-state index is 0.0261. The first-order chi connectivity index (χ1) is 15.7. The summed E-state index contributed by atoms with van der Waals surface area (Å²) in [6.07, 6.45) is 2.22. The second kappa shape index (κ2) is 13.0. The van der Waals surface area contributed by atoms with Gasteiger partial charge in [-0.1, -0.05) is 57.9 Å². The molecule has 8 nitrogen and oxygen atoms in total. The van der Waals surface area contributed by atoms with Crippen molar-refractivity contribution >= 4 is 30.4 Å². The van der Waals surface area contributed by atoms with Crippen LogP contribution in [0.5, 0.6) is 0 Å². The smallest absolute Gasteiger partial charge is 0.326 e. The zero-order valence-electron chi connectivity index (χ0n) is 19.8. The number of thiol groups is 1. The van der Waals surface area contributed by atoms with Gasteiger partial charge in [0.2, 0.25) is 11.8 Å². The number of carboxylic acids is 1. The van der Waals surface area contributed by atoms with Gasteiger partial charge in [-0.25, -0.2) is 4.79 Å². The molecule has 2 rings (SSSR count). The second-order valence-corrected chi connectivity index (χ2v) is 9.43.